The quantitative estimate of drug-likeness (QED) is 0.705. The summed E-state index contributed by atoms with van der Waals surface area (Å²) in [5.41, 5.74) is 0.664. The number of nitrogens with one attached hydrogen (secondary N) is 2. The van der Waals surface area contributed by atoms with Crippen LogP contribution in [0.3, 0.4) is 0 Å². The minimum Gasteiger partial charge on any atom is -0.480 e. The van der Waals surface area contributed by atoms with Gasteiger partial charge in [0, 0.05) is 24.4 Å². The number of aryl methyl sites for hydroxylation is 1. The Labute approximate surface area is 107 Å². The van der Waals surface area contributed by atoms with E-state index in [0.717, 1.165) is 0 Å². The molecule has 0 spiro atoms. The Morgan fingerprint density at radius 1 is 1.58 bits per heavy atom. The van der Waals surface area contributed by atoms with Crippen molar-refractivity contribution >= 4 is 11.9 Å². The first-order valence-corrected chi connectivity index (χ1v) is 5.50. The van der Waals surface area contributed by atoms with E-state index in [2.05, 4.69) is 20.4 Å². The van der Waals surface area contributed by atoms with Crippen molar-refractivity contribution in [3.05, 3.63) is 35.7 Å². The number of amides is 1. The number of aromatic amines is 1. The fourth-order valence-electron chi connectivity index (χ4n) is 1.52. The van der Waals surface area contributed by atoms with Gasteiger partial charge in [-0.1, -0.05) is 5.16 Å². The Morgan fingerprint density at radius 3 is 2.89 bits per heavy atom. The standard InChI is InChI=1S/C11H12N4O4/c1-6-2-8(15-19-6)10(16)14-9(11(17)18)3-7-4-12-5-13-7/h2,4-5,9H,3H2,1H3,(H,12,13)(H,14,16)(H,17,18)/t9-/m1/s1. The van der Waals surface area contributed by atoms with Crippen molar-refractivity contribution in [2.75, 3.05) is 0 Å². The maximum absolute atomic E-state index is 11.8. The van der Waals surface area contributed by atoms with Gasteiger partial charge in [0.2, 0.25) is 0 Å². The van der Waals surface area contributed by atoms with E-state index in [1.807, 2.05) is 0 Å². The number of aromatic nitrogens is 3. The molecule has 0 aliphatic carbocycles. The normalized spacial score (nSPS) is 12.1. The zero-order valence-corrected chi connectivity index (χ0v) is 10.1. The molecule has 3 N–H and O–H groups in total. The lowest BCUT2D eigenvalue weighted by molar-refractivity contribution is -0.139. The molecular formula is C11H12N4O4. The lowest BCUT2D eigenvalue weighted by Crippen LogP contribution is -2.42. The molecule has 0 aromatic carbocycles. The van der Waals surface area contributed by atoms with E-state index >= 15 is 0 Å². The van der Waals surface area contributed by atoms with Gasteiger partial charge < -0.3 is 19.9 Å². The summed E-state index contributed by atoms with van der Waals surface area (Å²) in [6.07, 6.45) is 3.05. The van der Waals surface area contributed by atoms with E-state index < -0.39 is 17.9 Å². The van der Waals surface area contributed by atoms with Crippen molar-refractivity contribution in [3.8, 4) is 0 Å². The van der Waals surface area contributed by atoms with Crippen molar-refractivity contribution in [2.45, 2.75) is 19.4 Å². The highest BCUT2D eigenvalue weighted by molar-refractivity contribution is 5.94. The molecule has 8 heteroatoms. The first kappa shape index (κ1) is 12.8. The van der Waals surface area contributed by atoms with Crippen LogP contribution in [0, 0.1) is 6.92 Å². The Hall–Kier alpha value is -2.64. The zero-order valence-electron chi connectivity index (χ0n) is 10.1. The van der Waals surface area contributed by atoms with Gasteiger partial charge in [0.1, 0.15) is 11.8 Å². The number of carboxylic acid groups (broad SMARTS) is 1. The third kappa shape index (κ3) is 3.18. The highest BCUT2D eigenvalue weighted by Crippen LogP contribution is 2.04. The van der Waals surface area contributed by atoms with E-state index in [1.165, 1.54) is 18.6 Å². The fraction of sp³-hybridized carbons (Fsp3) is 0.273. The number of carbonyl (C=O) groups is 2. The molecule has 0 unspecified atom stereocenters. The molecule has 1 atom stereocenters. The van der Waals surface area contributed by atoms with Gasteiger partial charge in [0.05, 0.1) is 6.33 Å². The first-order chi connectivity index (χ1) is 9.06. The predicted molar refractivity (Wildman–Crippen MR) is 62.4 cm³/mol. The SMILES string of the molecule is Cc1cc(C(=O)N[C@H](Cc2cnc[nH]2)C(=O)O)no1. The molecular weight excluding hydrogens is 252 g/mol. The molecule has 2 aromatic rings. The monoisotopic (exact) mass is 264 g/mol. The van der Waals surface area contributed by atoms with Gasteiger partial charge >= 0.3 is 5.97 Å². The van der Waals surface area contributed by atoms with E-state index in [1.54, 1.807) is 6.92 Å². The van der Waals surface area contributed by atoms with Crippen LogP contribution < -0.4 is 5.32 Å². The van der Waals surface area contributed by atoms with Crippen LogP contribution in [0.1, 0.15) is 21.9 Å². The number of aliphatic carboxylic acids is 1. The summed E-state index contributed by atoms with van der Waals surface area (Å²) in [6, 6.07) is 0.370. The average molecular weight is 264 g/mol. The molecule has 2 heterocycles. The second kappa shape index (κ2) is 5.34. The molecule has 0 saturated heterocycles. The fourth-order valence-corrected chi connectivity index (χ4v) is 1.52. The van der Waals surface area contributed by atoms with E-state index in [9.17, 15) is 9.59 Å². The van der Waals surface area contributed by atoms with Gasteiger partial charge in [0.25, 0.3) is 5.91 Å². The lowest BCUT2D eigenvalue weighted by atomic mass is 10.1. The summed E-state index contributed by atoms with van der Waals surface area (Å²) in [5.74, 6) is -1.25. The van der Waals surface area contributed by atoms with Crippen LogP contribution in [0.5, 0.6) is 0 Å². The van der Waals surface area contributed by atoms with Crippen LogP contribution in [0.4, 0.5) is 0 Å². The van der Waals surface area contributed by atoms with Gasteiger partial charge in [-0.2, -0.15) is 0 Å². The number of rotatable bonds is 5. The molecule has 19 heavy (non-hydrogen) atoms. The Morgan fingerprint density at radius 2 is 2.37 bits per heavy atom. The highest BCUT2D eigenvalue weighted by atomic mass is 16.5. The highest BCUT2D eigenvalue weighted by Gasteiger charge is 2.23. The van der Waals surface area contributed by atoms with Crippen molar-refractivity contribution in [1.82, 2.24) is 20.4 Å². The van der Waals surface area contributed by atoms with Gasteiger partial charge in [-0.25, -0.2) is 9.78 Å². The van der Waals surface area contributed by atoms with E-state index in [4.69, 9.17) is 9.63 Å². The number of H-pyrrole nitrogens is 1. The van der Waals surface area contributed by atoms with E-state index in [0.29, 0.717) is 11.5 Å². The molecule has 0 bridgehead atoms. The molecule has 2 rings (SSSR count). The summed E-state index contributed by atoms with van der Waals surface area (Å²) >= 11 is 0. The third-order valence-electron chi connectivity index (χ3n) is 2.44. The van der Waals surface area contributed by atoms with Gasteiger partial charge in [0.15, 0.2) is 5.69 Å². The maximum Gasteiger partial charge on any atom is 0.326 e. The number of imidazole rings is 1. The molecule has 0 aliphatic rings. The van der Waals surface area contributed by atoms with Crippen LogP contribution in [0.2, 0.25) is 0 Å². The third-order valence-corrected chi connectivity index (χ3v) is 2.44. The summed E-state index contributed by atoms with van der Waals surface area (Å²) in [6.45, 7) is 1.64. The number of carbonyl (C=O) groups excluding carboxylic acids is 1. The number of nitrogens with zero attached hydrogens (tertiary/aromatic N) is 2. The van der Waals surface area contributed by atoms with Crippen LogP contribution in [0.15, 0.2) is 23.1 Å². The second-order valence-electron chi connectivity index (χ2n) is 3.97. The van der Waals surface area contributed by atoms with Crippen LogP contribution >= 0.6 is 0 Å². The molecule has 0 fully saturated rings. The molecule has 8 nitrogen and oxygen atoms in total. The molecule has 0 saturated carbocycles. The summed E-state index contributed by atoms with van der Waals surface area (Å²) in [7, 11) is 0. The number of hydrogen-bond acceptors (Lipinski definition) is 5. The topological polar surface area (TPSA) is 121 Å². The van der Waals surface area contributed by atoms with Gasteiger partial charge in [-0.05, 0) is 6.92 Å². The Kier molecular flexibility index (Phi) is 3.60. The Bertz CT molecular complexity index is 575. The maximum atomic E-state index is 11.8. The molecule has 0 radical (unpaired) electrons. The van der Waals surface area contributed by atoms with Crippen molar-refractivity contribution in [3.63, 3.8) is 0 Å². The number of hydrogen-bond donors (Lipinski definition) is 3. The number of carboxylic acids is 1. The van der Waals surface area contributed by atoms with Crippen LogP contribution in [-0.4, -0.2) is 38.1 Å². The summed E-state index contributed by atoms with van der Waals surface area (Å²) < 4.78 is 4.76. The Balaban J connectivity index is 2.04. The van der Waals surface area contributed by atoms with Crippen molar-refractivity contribution < 1.29 is 19.2 Å². The van der Waals surface area contributed by atoms with Crippen LogP contribution in [0.25, 0.3) is 0 Å². The van der Waals surface area contributed by atoms with Crippen molar-refractivity contribution in [1.29, 1.82) is 0 Å². The van der Waals surface area contributed by atoms with Gasteiger partial charge in [-0.3, -0.25) is 4.79 Å². The van der Waals surface area contributed by atoms with Crippen LogP contribution in [-0.2, 0) is 11.2 Å². The smallest absolute Gasteiger partial charge is 0.326 e. The minimum atomic E-state index is -1.14. The van der Waals surface area contributed by atoms with Crippen molar-refractivity contribution in [2.24, 2.45) is 0 Å². The lowest BCUT2D eigenvalue weighted by Gasteiger charge is -2.12. The molecule has 2 aromatic heterocycles. The first-order valence-electron chi connectivity index (χ1n) is 5.50. The second-order valence-corrected chi connectivity index (χ2v) is 3.97. The average Bonchev–Trinajstić information content (AvgIpc) is 2.99. The molecule has 100 valence electrons. The zero-order chi connectivity index (χ0) is 13.8. The predicted octanol–water partition coefficient (Wildman–Crippen LogP) is 0.132. The van der Waals surface area contributed by atoms with E-state index in [-0.39, 0.29) is 12.1 Å². The molecule has 1 amide bonds. The minimum absolute atomic E-state index is 0.0494. The summed E-state index contributed by atoms with van der Waals surface area (Å²) in [4.78, 5) is 29.4. The largest absolute Gasteiger partial charge is 0.480 e. The summed E-state index contributed by atoms with van der Waals surface area (Å²) in [5, 5.41) is 15.0. The molecule has 0 aliphatic heterocycles. The van der Waals surface area contributed by atoms with Gasteiger partial charge in [-0.15, -0.1) is 0 Å².